The molecule has 218 valence electrons. The van der Waals surface area contributed by atoms with Gasteiger partial charge in [-0.15, -0.1) is 0 Å². The fourth-order valence-electron chi connectivity index (χ4n) is 3.89. The van der Waals surface area contributed by atoms with Gasteiger partial charge in [0.15, 0.2) is 6.29 Å². The molecule has 2 unspecified atom stereocenters. The zero-order valence-corrected chi connectivity index (χ0v) is 23.2. The lowest BCUT2D eigenvalue weighted by atomic mass is 9.91. The van der Waals surface area contributed by atoms with Crippen LogP contribution in [0.1, 0.15) is 78.1 Å². The Morgan fingerprint density at radius 2 is 1.45 bits per heavy atom. The number of unbranched alkanes of at least 4 members (excludes halogenated alkanes) is 4. The maximum atomic E-state index is 12.0. The minimum absolute atomic E-state index is 0.188. The number of aliphatic hydroxyl groups is 4. The number of aliphatic hydroxyl groups excluding tert-OH is 4. The molecule has 1 fully saturated rings. The van der Waals surface area contributed by atoms with Crippen molar-refractivity contribution in [1.29, 1.82) is 0 Å². The number of rotatable bonds is 20. The van der Waals surface area contributed by atoms with E-state index in [-0.39, 0.29) is 13.0 Å². The van der Waals surface area contributed by atoms with Crippen LogP contribution in [0.5, 0.6) is 0 Å². The summed E-state index contributed by atoms with van der Waals surface area (Å²) in [6, 6.07) is 0. The van der Waals surface area contributed by atoms with Crippen LogP contribution < -0.4 is 0 Å². The molecule has 0 amide bonds. The summed E-state index contributed by atoms with van der Waals surface area (Å²) >= 11 is 0. The normalized spacial score (nSPS) is 25.3. The SMILES string of the molecule is CCCCC/C=C\C/C=C\C/C=C\C/C=C\CCCC(=O)OCC(CO)OC1O[C@H](CO)[C@@H](O)[C@H](C)[C@H]1O. The Morgan fingerprint density at radius 3 is 2.00 bits per heavy atom. The van der Waals surface area contributed by atoms with E-state index in [4.69, 9.17) is 14.2 Å². The maximum Gasteiger partial charge on any atom is 0.305 e. The molecule has 0 aromatic carbocycles. The summed E-state index contributed by atoms with van der Waals surface area (Å²) in [6.45, 7) is 2.77. The van der Waals surface area contributed by atoms with E-state index in [0.29, 0.717) is 6.42 Å². The molecule has 0 aromatic heterocycles. The first kappa shape index (κ1) is 34.2. The van der Waals surface area contributed by atoms with Gasteiger partial charge >= 0.3 is 5.97 Å². The first-order valence-corrected chi connectivity index (χ1v) is 14.1. The van der Waals surface area contributed by atoms with Crippen LogP contribution in [0, 0.1) is 5.92 Å². The van der Waals surface area contributed by atoms with Crippen LogP contribution in [-0.2, 0) is 19.0 Å². The number of hydrogen-bond acceptors (Lipinski definition) is 8. The fraction of sp³-hybridized carbons (Fsp3) is 0.700. The quantitative estimate of drug-likeness (QED) is 0.104. The molecule has 0 aromatic rings. The second-order valence-electron chi connectivity index (χ2n) is 9.67. The third-order valence-electron chi connectivity index (χ3n) is 6.40. The molecule has 0 saturated carbocycles. The minimum atomic E-state index is -1.15. The van der Waals surface area contributed by atoms with Crippen LogP contribution in [-0.4, -0.2) is 76.9 Å². The maximum absolute atomic E-state index is 12.0. The van der Waals surface area contributed by atoms with E-state index in [1.807, 2.05) is 6.08 Å². The van der Waals surface area contributed by atoms with Crippen molar-refractivity contribution < 1.29 is 39.4 Å². The third kappa shape index (κ3) is 15.0. The molecule has 38 heavy (non-hydrogen) atoms. The molecule has 1 rings (SSSR count). The number of hydrogen-bond donors (Lipinski definition) is 4. The van der Waals surface area contributed by atoms with Crippen LogP contribution in [0.25, 0.3) is 0 Å². The number of ether oxygens (including phenoxy) is 3. The largest absolute Gasteiger partial charge is 0.463 e. The highest BCUT2D eigenvalue weighted by atomic mass is 16.7. The average Bonchev–Trinajstić information content (AvgIpc) is 2.92. The van der Waals surface area contributed by atoms with E-state index in [9.17, 15) is 25.2 Å². The van der Waals surface area contributed by atoms with E-state index >= 15 is 0 Å². The van der Waals surface area contributed by atoms with Crippen LogP contribution in [0.2, 0.25) is 0 Å². The van der Waals surface area contributed by atoms with Gasteiger partial charge in [-0.05, 0) is 44.9 Å². The van der Waals surface area contributed by atoms with Crippen molar-refractivity contribution in [1.82, 2.24) is 0 Å². The first-order chi connectivity index (χ1) is 18.4. The average molecular weight is 539 g/mol. The van der Waals surface area contributed by atoms with Crippen LogP contribution in [0.4, 0.5) is 0 Å². The molecule has 6 atom stereocenters. The Bertz CT molecular complexity index is 715. The lowest BCUT2D eigenvalue weighted by molar-refractivity contribution is -0.303. The van der Waals surface area contributed by atoms with Crippen molar-refractivity contribution in [3.63, 3.8) is 0 Å². The molecule has 1 aliphatic rings. The summed E-state index contributed by atoms with van der Waals surface area (Å²) in [4.78, 5) is 12.0. The molecule has 1 aliphatic heterocycles. The van der Waals surface area contributed by atoms with Gasteiger partial charge in [-0.2, -0.15) is 0 Å². The first-order valence-electron chi connectivity index (χ1n) is 14.1. The zero-order valence-electron chi connectivity index (χ0n) is 23.2. The Labute approximate surface area is 228 Å². The van der Waals surface area contributed by atoms with E-state index in [1.54, 1.807) is 6.92 Å². The van der Waals surface area contributed by atoms with E-state index in [1.165, 1.54) is 25.7 Å². The molecule has 0 aliphatic carbocycles. The monoisotopic (exact) mass is 538 g/mol. The van der Waals surface area contributed by atoms with Gasteiger partial charge in [0, 0.05) is 12.3 Å². The molecule has 1 heterocycles. The van der Waals surface area contributed by atoms with E-state index in [0.717, 1.165) is 25.7 Å². The molecule has 0 radical (unpaired) electrons. The molecule has 8 nitrogen and oxygen atoms in total. The number of carbonyl (C=O) groups excluding carboxylic acids is 1. The van der Waals surface area contributed by atoms with Crippen molar-refractivity contribution in [3.8, 4) is 0 Å². The lowest BCUT2D eigenvalue weighted by Crippen LogP contribution is -2.56. The molecular formula is C30H50O8. The number of carbonyl (C=O) groups is 1. The van der Waals surface area contributed by atoms with Gasteiger partial charge in [-0.1, -0.05) is 75.3 Å². The third-order valence-corrected chi connectivity index (χ3v) is 6.40. The Hall–Kier alpha value is -1.81. The summed E-state index contributed by atoms with van der Waals surface area (Å²) in [5, 5.41) is 39.2. The molecule has 0 spiro atoms. The molecule has 1 saturated heterocycles. The van der Waals surface area contributed by atoms with Crippen molar-refractivity contribution in [2.75, 3.05) is 19.8 Å². The Morgan fingerprint density at radius 1 is 0.868 bits per heavy atom. The van der Waals surface area contributed by atoms with Gasteiger partial charge in [0.25, 0.3) is 0 Å². The Balaban J connectivity index is 2.13. The van der Waals surface area contributed by atoms with Crippen molar-refractivity contribution >= 4 is 5.97 Å². The van der Waals surface area contributed by atoms with Gasteiger partial charge in [0.05, 0.1) is 19.3 Å². The lowest BCUT2D eigenvalue weighted by Gasteiger charge is -2.41. The summed E-state index contributed by atoms with van der Waals surface area (Å²) in [5.74, 6) is -0.990. The minimum Gasteiger partial charge on any atom is -0.463 e. The van der Waals surface area contributed by atoms with Crippen LogP contribution >= 0.6 is 0 Å². The van der Waals surface area contributed by atoms with Gasteiger partial charge in [-0.25, -0.2) is 0 Å². The fourth-order valence-corrected chi connectivity index (χ4v) is 3.89. The van der Waals surface area contributed by atoms with Gasteiger partial charge < -0.3 is 34.6 Å². The van der Waals surface area contributed by atoms with Crippen molar-refractivity contribution in [3.05, 3.63) is 48.6 Å². The number of allylic oxidation sites excluding steroid dienone is 8. The second kappa shape index (κ2) is 22.1. The summed E-state index contributed by atoms with van der Waals surface area (Å²) in [6.07, 6.45) is 21.6. The summed E-state index contributed by atoms with van der Waals surface area (Å²) in [5.41, 5.74) is 0. The van der Waals surface area contributed by atoms with Gasteiger partial charge in [0.1, 0.15) is 24.9 Å². The van der Waals surface area contributed by atoms with Gasteiger partial charge in [0.2, 0.25) is 0 Å². The van der Waals surface area contributed by atoms with Crippen LogP contribution in [0.15, 0.2) is 48.6 Å². The summed E-state index contributed by atoms with van der Waals surface area (Å²) in [7, 11) is 0. The van der Waals surface area contributed by atoms with Crippen LogP contribution in [0.3, 0.4) is 0 Å². The second-order valence-corrected chi connectivity index (χ2v) is 9.67. The number of esters is 1. The molecule has 8 heteroatoms. The van der Waals surface area contributed by atoms with Gasteiger partial charge in [-0.3, -0.25) is 4.79 Å². The predicted molar refractivity (Wildman–Crippen MR) is 148 cm³/mol. The summed E-state index contributed by atoms with van der Waals surface area (Å²) < 4.78 is 16.1. The molecule has 0 bridgehead atoms. The smallest absolute Gasteiger partial charge is 0.305 e. The highest BCUT2D eigenvalue weighted by molar-refractivity contribution is 5.69. The highest BCUT2D eigenvalue weighted by Crippen LogP contribution is 2.27. The predicted octanol–water partition coefficient (Wildman–Crippen LogP) is 4.13. The zero-order chi connectivity index (χ0) is 28.0. The standard InChI is InChI=1S/C30H50O8/c1-3-4-5-6-7-8-9-10-11-12-13-14-15-16-17-18-19-20-27(33)36-23-25(21-31)37-30-29(35)24(2)28(34)26(22-32)38-30/h7-8,10-11,13-14,16-17,24-26,28-32,34-35H,3-6,9,12,15,18-23H2,1-2H3/b8-7-,11-10-,14-13-,17-16-/t24-,25?,26+,28-,29+,30?/m0/s1. The van der Waals surface area contributed by atoms with Crippen molar-refractivity contribution in [2.24, 2.45) is 5.92 Å². The topological polar surface area (TPSA) is 126 Å². The van der Waals surface area contributed by atoms with Crippen molar-refractivity contribution in [2.45, 2.75) is 109 Å². The highest BCUT2D eigenvalue weighted by Gasteiger charge is 2.43. The Kier molecular flexibility index (Phi) is 19.9. The van der Waals surface area contributed by atoms with E-state index in [2.05, 4.69) is 49.5 Å². The van der Waals surface area contributed by atoms with E-state index < -0.39 is 55.8 Å². The molecule has 4 N–H and O–H groups in total. The molecular weight excluding hydrogens is 488 g/mol.